The minimum atomic E-state index is -0.141. The summed E-state index contributed by atoms with van der Waals surface area (Å²) in [5, 5.41) is 20.6. The monoisotopic (exact) mass is 504 g/mol. The summed E-state index contributed by atoms with van der Waals surface area (Å²) in [4.78, 5) is 14.4. The van der Waals surface area contributed by atoms with Crippen molar-refractivity contribution in [2.75, 3.05) is 5.73 Å². The quantitative estimate of drug-likeness (QED) is 0.307. The van der Waals surface area contributed by atoms with Gasteiger partial charge in [-0.2, -0.15) is 20.2 Å². The third kappa shape index (κ3) is 4.26. The number of pyridine rings is 1. The Morgan fingerprint density at radius 1 is 1.00 bits per heavy atom. The molecule has 0 radical (unpaired) electrons. The largest absolute Gasteiger partial charge is 0.399 e. The molecule has 0 aliphatic rings. The summed E-state index contributed by atoms with van der Waals surface area (Å²) in [6.45, 7) is 4.10. The van der Waals surface area contributed by atoms with Crippen LogP contribution in [0.1, 0.15) is 42.4 Å². The molecule has 6 rings (SSSR count). The van der Waals surface area contributed by atoms with Crippen molar-refractivity contribution in [3.05, 3.63) is 95.8 Å². The van der Waals surface area contributed by atoms with Gasteiger partial charge in [-0.05, 0) is 47.6 Å². The summed E-state index contributed by atoms with van der Waals surface area (Å²) in [5.41, 5.74) is 12.3. The maximum Gasteiger partial charge on any atom is 0.254 e. The molecule has 4 aromatic heterocycles. The second kappa shape index (κ2) is 9.68. The molecule has 9 nitrogen and oxygen atoms in total. The van der Waals surface area contributed by atoms with Crippen LogP contribution in [0.15, 0.2) is 73.2 Å². The topological polar surface area (TPSA) is 120 Å². The maximum atomic E-state index is 9.48. The molecule has 3 N–H and O–H groups in total. The first-order chi connectivity index (χ1) is 18.5. The van der Waals surface area contributed by atoms with Crippen molar-refractivity contribution < 1.29 is 5.11 Å². The van der Waals surface area contributed by atoms with Crippen LogP contribution in [-0.4, -0.2) is 39.5 Å². The van der Waals surface area contributed by atoms with E-state index in [1.54, 1.807) is 16.9 Å². The summed E-state index contributed by atoms with van der Waals surface area (Å²) in [6, 6.07) is 18.0. The van der Waals surface area contributed by atoms with E-state index in [-0.39, 0.29) is 12.5 Å². The number of rotatable bonds is 7. The van der Waals surface area contributed by atoms with Crippen LogP contribution in [0, 0.1) is 0 Å². The number of aliphatic hydroxyl groups excluding tert-OH is 1. The first kappa shape index (κ1) is 23.7. The van der Waals surface area contributed by atoms with Gasteiger partial charge in [0.15, 0.2) is 5.65 Å². The first-order valence-corrected chi connectivity index (χ1v) is 12.6. The number of aryl methyl sites for hydroxylation is 2. The van der Waals surface area contributed by atoms with Crippen LogP contribution >= 0.6 is 0 Å². The van der Waals surface area contributed by atoms with E-state index in [1.807, 2.05) is 53.3 Å². The van der Waals surface area contributed by atoms with E-state index >= 15 is 0 Å². The smallest absolute Gasteiger partial charge is 0.254 e. The average molecular weight is 505 g/mol. The van der Waals surface area contributed by atoms with Gasteiger partial charge in [0.2, 0.25) is 0 Å². The number of anilines is 1. The molecule has 0 aliphatic heterocycles. The van der Waals surface area contributed by atoms with Gasteiger partial charge in [-0.3, -0.25) is 4.98 Å². The number of nitrogen functional groups attached to an aromatic ring is 1. The Morgan fingerprint density at radius 2 is 1.87 bits per heavy atom. The van der Waals surface area contributed by atoms with Crippen LogP contribution in [0.4, 0.5) is 5.69 Å². The third-order valence-corrected chi connectivity index (χ3v) is 6.76. The van der Waals surface area contributed by atoms with Gasteiger partial charge in [0.25, 0.3) is 5.95 Å². The minimum absolute atomic E-state index is 0.141. The van der Waals surface area contributed by atoms with E-state index in [1.165, 1.54) is 0 Å². The highest BCUT2D eigenvalue weighted by Crippen LogP contribution is 2.31. The molecule has 0 fully saturated rings. The lowest BCUT2D eigenvalue weighted by molar-refractivity contribution is 0.276. The highest BCUT2D eigenvalue weighted by Gasteiger charge is 2.18. The fourth-order valence-corrected chi connectivity index (χ4v) is 4.79. The summed E-state index contributed by atoms with van der Waals surface area (Å²) in [6.07, 6.45) is 6.82. The molecule has 0 saturated heterocycles. The fourth-order valence-electron chi connectivity index (χ4n) is 4.79. The van der Waals surface area contributed by atoms with Gasteiger partial charge in [0.05, 0.1) is 24.2 Å². The molecule has 0 unspecified atom stereocenters. The summed E-state index contributed by atoms with van der Waals surface area (Å²) >= 11 is 0. The maximum absolute atomic E-state index is 9.48. The Morgan fingerprint density at radius 3 is 2.68 bits per heavy atom. The lowest BCUT2D eigenvalue weighted by Crippen LogP contribution is -2.12. The van der Waals surface area contributed by atoms with Crippen LogP contribution in [0.2, 0.25) is 0 Å². The molecule has 0 bridgehead atoms. The normalized spacial score (nSPS) is 11.7. The van der Waals surface area contributed by atoms with Crippen molar-refractivity contribution >= 4 is 22.1 Å². The number of nitrogens with two attached hydrogens (primary N) is 1. The first-order valence-electron chi connectivity index (χ1n) is 12.6. The molecule has 0 aliphatic carbocycles. The second-order valence-corrected chi connectivity index (χ2v) is 9.64. The predicted octanol–water partition coefficient (Wildman–Crippen LogP) is 4.51. The summed E-state index contributed by atoms with van der Waals surface area (Å²) in [7, 11) is 0. The molecule has 0 spiro atoms. The van der Waals surface area contributed by atoms with Crippen molar-refractivity contribution in [1.82, 2.24) is 34.3 Å². The Bertz CT molecular complexity index is 1770. The van der Waals surface area contributed by atoms with Gasteiger partial charge < -0.3 is 10.8 Å². The van der Waals surface area contributed by atoms with Crippen LogP contribution in [0.3, 0.4) is 0 Å². The van der Waals surface area contributed by atoms with Gasteiger partial charge in [-0.15, -0.1) is 0 Å². The fraction of sp³-hybridized carbons (Fsp3) is 0.207. The van der Waals surface area contributed by atoms with Crippen LogP contribution in [-0.2, 0) is 19.4 Å². The number of hydrogen-bond acceptors (Lipinski definition) is 7. The molecule has 0 atom stereocenters. The van der Waals surface area contributed by atoms with E-state index in [0.717, 1.165) is 56.7 Å². The molecular formula is C29H28N8O. The van der Waals surface area contributed by atoms with E-state index in [4.69, 9.17) is 20.7 Å². The van der Waals surface area contributed by atoms with E-state index in [2.05, 4.69) is 36.2 Å². The summed E-state index contributed by atoms with van der Waals surface area (Å²) in [5.74, 6) is 1.49. The minimum Gasteiger partial charge on any atom is -0.399 e. The van der Waals surface area contributed by atoms with Crippen LogP contribution in [0.25, 0.3) is 33.6 Å². The highest BCUT2D eigenvalue weighted by atomic mass is 16.3. The molecule has 6 aromatic rings. The number of benzene rings is 2. The predicted molar refractivity (Wildman–Crippen MR) is 147 cm³/mol. The van der Waals surface area contributed by atoms with Crippen molar-refractivity contribution in [2.45, 2.75) is 39.2 Å². The Kier molecular flexibility index (Phi) is 6.05. The van der Waals surface area contributed by atoms with E-state index in [9.17, 15) is 5.11 Å². The van der Waals surface area contributed by atoms with Crippen molar-refractivity contribution in [2.24, 2.45) is 0 Å². The zero-order valence-electron chi connectivity index (χ0n) is 21.3. The molecule has 9 heteroatoms. The zero-order chi connectivity index (χ0) is 26.2. The standard InChI is InChI=1S/C29H28N8O/c1-18(2)25-16-32-37-26(33-29(34-28(25)37)36-14-12-22(17-38)35-36)10-7-19-5-3-4-6-23(19)27-24-9-8-21(30)15-20(24)11-13-31-27/h3-6,8-9,11-16,18,38H,7,10,17,30H2,1-2H3. The molecule has 38 heavy (non-hydrogen) atoms. The van der Waals surface area contributed by atoms with E-state index in [0.29, 0.717) is 18.1 Å². The molecule has 2 aromatic carbocycles. The SMILES string of the molecule is CC(C)c1cnn2c(CCc3ccccc3-c3nccc4cc(N)ccc34)nc(-n3ccc(CO)n3)nc12. The van der Waals surface area contributed by atoms with Crippen molar-refractivity contribution in [3.63, 3.8) is 0 Å². The second-order valence-electron chi connectivity index (χ2n) is 9.64. The number of aliphatic hydroxyl groups is 1. The van der Waals surface area contributed by atoms with Crippen LogP contribution < -0.4 is 5.73 Å². The number of hydrogen-bond donors (Lipinski definition) is 2. The Hall–Kier alpha value is -4.63. The van der Waals surface area contributed by atoms with Gasteiger partial charge >= 0.3 is 0 Å². The lowest BCUT2D eigenvalue weighted by Gasteiger charge is -2.13. The Labute approximate surface area is 219 Å². The number of fused-ring (bicyclic) bond motifs is 2. The molecule has 190 valence electrons. The number of aromatic nitrogens is 7. The van der Waals surface area contributed by atoms with Gasteiger partial charge in [-0.1, -0.05) is 44.2 Å². The summed E-state index contributed by atoms with van der Waals surface area (Å²) < 4.78 is 3.43. The molecular weight excluding hydrogens is 476 g/mol. The Balaban J connectivity index is 1.41. The average Bonchev–Trinajstić information content (AvgIpc) is 3.59. The van der Waals surface area contributed by atoms with Gasteiger partial charge in [0.1, 0.15) is 5.82 Å². The van der Waals surface area contributed by atoms with Gasteiger partial charge in [0, 0.05) is 41.0 Å². The van der Waals surface area contributed by atoms with E-state index < -0.39 is 0 Å². The molecule has 4 heterocycles. The van der Waals surface area contributed by atoms with Crippen molar-refractivity contribution in [1.29, 1.82) is 0 Å². The van der Waals surface area contributed by atoms with Gasteiger partial charge in [-0.25, -0.2) is 9.20 Å². The highest BCUT2D eigenvalue weighted by molar-refractivity contribution is 5.96. The number of nitrogens with zero attached hydrogens (tertiary/aromatic N) is 7. The lowest BCUT2D eigenvalue weighted by atomic mass is 9.96. The third-order valence-electron chi connectivity index (χ3n) is 6.76. The van der Waals surface area contributed by atoms with Crippen molar-refractivity contribution in [3.8, 4) is 17.2 Å². The molecule has 0 amide bonds. The zero-order valence-corrected chi connectivity index (χ0v) is 21.3. The van der Waals surface area contributed by atoms with Crippen LogP contribution in [0.5, 0.6) is 0 Å². The molecule has 0 saturated carbocycles.